The van der Waals surface area contributed by atoms with Gasteiger partial charge in [-0.15, -0.1) is 0 Å². The first kappa shape index (κ1) is 18.6. The van der Waals surface area contributed by atoms with E-state index >= 15 is 0 Å². The SMILES string of the molecule is CN1C[C@]2(CCN(C(=O)Nc3cccc(NC(=O)C4CCCC4)c3)C2)OC1=O. The summed E-state index contributed by atoms with van der Waals surface area (Å²) < 4.78 is 5.48. The number of nitrogens with one attached hydrogen (secondary N) is 2. The minimum atomic E-state index is -0.597. The van der Waals surface area contributed by atoms with Crippen LogP contribution in [0.1, 0.15) is 32.1 Å². The Kier molecular flexibility index (Phi) is 4.87. The average molecular weight is 386 g/mol. The van der Waals surface area contributed by atoms with Crippen LogP contribution in [-0.4, -0.2) is 60.1 Å². The van der Waals surface area contributed by atoms with Gasteiger partial charge >= 0.3 is 12.1 Å². The maximum Gasteiger partial charge on any atom is 0.410 e. The van der Waals surface area contributed by atoms with Gasteiger partial charge in [-0.3, -0.25) is 4.79 Å². The fourth-order valence-electron chi connectivity index (χ4n) is 4.33. The number of amides is 4. The topological polar surface area (TPSA) is 91.0 Å². The number of likely N-dealkylation sites (N-methyl/N-ethyl adjacent to an activating group) is 1. The second kappa shape index (κ2) is 7.33. The molecular weight excluding hydrogens is 360 g/mol. The van der Waals surface area contributed by atoms with Crippen LogP contribution in [0.5, 0.6) is 0 Å². The van der Waals surface area contributed by atoms with Crippen LogP contribution in [0.4, 0.5) is 21.0 Å². The number of nitrogens with zero attached hydrogens (tertiary/aromatic N) is 2. The van der Waals surface area contributed by atoms with Crippen LogP contribution in [0.2, 0.25) is 0 Å². The maximum atomic E-state index is 12.6. The molecule has 1 spiro atoms. The summed E-state index contributed by atoms with van der Waals surface area (Å²) in [5, 5.41) is 5.83. The van der Waals surface area contributed by atoms with Crippen molar-refractivity contribution >= 4 is 29.4 Å². The van der Waals surface area contributed by atoms with Crippen molar-refractivity contribution in [1.82, 2.24) is 9.80 Å². The summed E-state index contributed by atoms with van der Waals surface area (Å²) in [7, 11) is 1.70. The first-order valence-corrected chi connectivity index (χ1v) is 9.85. The molecular formula is C20H26N4O4. The van der Waals surface area contributed by atoms with E-state index in [1.165, 1.54) is 4.90 Å². The predicted octanol–water partition coefficient (Wildman–Crippen LogP) is 2.87. The molecule has 2 aliphatic heterocycles. The minimum absolute atomic E-state index is 0.0506. The van der Waals surface area contributed by atoms with Crippen LogP contribution in [-0.2, 0) is 9.53 Å². The smallest absolute Gasteiger partial charge is 0.410 e. The van der Waals surface area contributed by atoms with Gasteiger partial charge in [0.1, 0.15) is 0 Å². The number of carbonyl (C=O) groups excluding carboxylic acids is 3. The highest BCUT2D eigenvalue weighted by Gasteiger charge is 2.49. The molecule has 1 aliphatic carbocycles. The minimum Gasteiger partial charge on any atom is -0.439 e. The third-order valence-corrected chi connectivity index (χ3v) is 5.85. The van der Waals surface area contributed by atoms with Crippen molar-refractivity contribution in [2.45, 2.75) is 37.7 Å². The van der Waals surface area contributed by atoms with Crippen molar-refractivity contribution in [3.05, 3.63) is 24.3 Å². The van der Waals surface area contributed by atoms with Crippen molar-refractivity contribution < 1.29 is 19.1 Å². The van der Waals surface area contributed by atoms with Gasteiger partial charge in [0.25, 0.3) is 0 Å². The molecule has 4 rings (SSSR count). The molecule has 1 saturated carbocycles. The van der Waals surface area contributed by atoms with Crippen LogP contribution in [0.3, 0.4) is 0 Å². The number of ether oxygens (including phenoxy) is 1. The number of likely N-dealkylation sites (tertiary alicyclic amines) is 1. The second-order valence-electron chi connectivity index (χ2n) is 8.06. The van der Waals surface area contributed by atoms with E-state index in [1.54, 1.807) is 30.1 Å². The highest BCUT2D eigenvalue weighted by Crippen LogP contribution is 2.32. The van der Waals surface area contributed by atoms with Crippen molar-refractivity contribution in [3.8, 4) is 0 Å². The number of hydrogen-bond donors (Lipinski definition) is 2. The summed E-state index contributed by atoms with van der Waals surface area (Å²) in [5.74, 6) is 0.140. The molecule has 2 heterocycles. The summed E-state index contributed by atoms with van der Waals surface area (Å²) in [6.45, 7) is 1.41. The van der Waals surface area contributed by atoms with Crippen LogP contribution >= 0.6 is 0 Å². The van der Waals surface area contributed by atoms with E-state index < -0.39 is 5.60 Å². The first-order chi connectivity index (χ1) is 13.4. The van der Waals surface area contributed by atoms with Crippen molar-refractivity contribution in [2.75, 3.05) is 37.3 Å². The van der Waals surface area contributed by atoms with E-state index in [4.69, 9.17) is 4.74 Å². The molecule has 8 nitrogen and oxygen atoms in total. The van der Waals surface area contributed by atoms with E-state index in [0.717, 1.165) is 25.7 Å². The second-order valence-corrected chi connectivity index (χ2v) is 8.06. The molecule has 4 amide bonds. The Labute approximate surface area is 164 Å². The van der Waals surface area contributed by atoms with Gasteiger partial charge in [-0.2, -0.15) is 0 Å². The Morgan fingerprint density at radius 2 is 1.86 bits per heavy atom. The molecule has 2 N–H and O–H groups in total. The van der Waals surface area contributed by atoms with Crippen molar-refractivity contribution in [1.29, 1.82) is 0 Å². The first-order valence-electron chi connectivity index (χ1n) is 9.85. The third-order valence-electron chi connectivity index (χ3n) is 5.85. The zero-order chi connectivity index (χ0) is 19.7. The van der Waals surface area contributed by atoms with Gasteiger partial charge < -0.3 is 25.2 Å². The van der Waals surface area contributed by atoms with Crippen molar-refractivity contribution in [3.63, 3.8) is 0 Å². The number of urea groups is 1. The predicted molar refractivity (Wildman–Crippen MR) is 104 cm³/mol. The van der Waals surface area contributed by atoms with Gasteiger partial charge in [-0.05, 0) is 31.0 Å². The maximum absolute atomic E-state index is 12.6. The van der Waals surface area contributed by atoms with Crippen LogP contribution in [0, 0.1) is 5.92 Å². The average Bonchev–Trinajstić information content (AvgIpc) is 3.37. The lowest BCUT2D eigenvalue weighted by Gasteiger charge is -2.22. The molecule has 3 aliphatic rings. The van der Waals surface area contributed by atoms with E-state index in [1.807, 2.05) is 6.07 Å². The van der Waals surface area contributed by atoms with Gasteiger partial charge in [-0.25, -0.2) is 9.59 Å². The lowest BCUT2D eigenvalue weighted by molar-refractivity contribution is -0.119. The third kappa shape index (κ3) is 3.76. The molecule has 3 fully saturated rings. The number of rotatable bonds is 3. The molecule has 28 heavy (non-hydrogen) atoms. The molecule has 0 bridgehead atoms. The quantitative estimate of drug-likeness (QED) is 0.836. The number of hydrogen-bond acceptors (Lipinski definition) is 4. The molecule has 1 aromatic carbocycles. The summed E-state index contributed by atoms with van der Waals surface area (Å²) in [5.41, 5.74) is 0.704. The molecule has 2 saturated heterocycles. The van der Waals surface area contributed by atoms with Gasteiger partial charge in [0.2, 0.25) is 5.91 Å². The van der Waals surface area contributed by atoms with Crippen LogP contribution < -0.4 is 10.6 Å². The highest BCUT2D eigenvalue weighted by molar-refractivity contribution is 5.94. The Balaban J connectivity index is 1.35. The summed E-state index contributed by atoms with van der Waals surface area (Å²) in [6.07, 6.45) is 4.39. The van der Waals surface area contributed by atoms with Gasteiger partial charge in [0.05, 0.1) is 13.1 Å². The van der Waals surface area contributed by atoms with Crippen LogP contribution in [0.15, 0.2) is 24.3 Å². The zero-order valence-electron chi connectivity index (χ0n) is 16.1. The molecule has 0 radical (unpaired) electrons. The van der Waals surface area contributed by atoms with E-state index in [2.05, 4.69) is 10.6 Å². The normalized spacial score (nSPS) is 24.7. The van der Waals surface area contributed by atoms with E-state index in [0.29, 0.717) is 37.4 Å². The molecule has 1 aromatic rings. The van der Waals surface area contributed by atoms with Gasteiger partial charge in [0, 0.05) is 37.3 Å². The monoisotopic (exact) mass is 386 g/mol. The summed E-state index contributed by atoms with van der Waals surface area (Å²) in [6, 6.07) is 6.94. The summed E-state index contributed by atoms with van der Waals surface area (Å²) in [4.78, 5) is 39.8. The lowest BCUT2D eigenvalue weighted by Crippen LogP contribution is -2.40. The van der Waals surface area contributed by atoms with Gasteiger partial charge in [0.15, 0.2) is 5.60 Å². The number of anilines is 2. The lowest BCUT2D eigenvalue weighted by atomic mass is 10.0. The molecule has 8 heteroatoms. The van der Waals surface area contributed by atoms with Crippen molar-refractivity contribution in [2.24, 2.45) is 5.92 Å². The molecule has 150 valence electrons. The molecule has 0 aromatic heterocycles. The standard InChI is InChI=1S/C20H26N4O4/c1-23-12-20(28-19(23)27)9-10-24(13-20)18(26)22-16-8-4-7-15(11-16)21-17(25)14-5-2-3-6-14/h4,7-8,11,14H,2-3,5-6,9-10,12-13H2,1H3,(H,21,25)(H,22,26)/t20-/m0/s1. The van der Waals surface area contributed by atoms with E-state index in [9.17, 15) is 14.4 Å². The Morgan fingerprint density at radius 3 is 2.54 bits per heavy atom. The largest absolute Gasteiger partial charge is 0.439 e. The Bertz CT molecular complexity index is 792. The number of carbonyl (C=O) groups is 3. The Morgan fingerprint density at radius 1 is 1.14 bits per heavy atom. The van der Waals surface area contributed by atoms with Crippen LogP contribution in [0.25, 0.3) is 0 Å². The van der Waals surface area contributed by atoms with E-state index in [-0.39, 0.29) is 23.9 Å². The zero-order valence-corrected chi connectivity index (χ0v) is 16.1. The van der Waals surface area contributed by atoms with Gasteiger partial charge in [-0.1, -0.05) is 18.9 Å². The Hall–Kier alpha value is -2.77. The fraction of sp³-hybridized carbons (Fsp3) is 0.550. The molecule has 0 unspecified atom stereocenters. The fourth-order valence-corrected chi connectivity index (χ4v) is 4.33. The highest BCUT2D eigenvalue weighted by atomic mass is 16.6. The number of benzene rings is 1. The summed E-state index contributed by atoms with van der Waals surface area (Å²) >= 11 is 0. The molecule has 1 atom stereocenters.